The molecule has 2 saturated heterocycles. The lowest BCUT2D eigenvalue weighted by atomic mass is 9.91. The number of nitrogens with zero attached hydrogens (tertiary/aromatic N) is 2. The zero-order valence-electron chi connectivity index (χ0n) is 21.3. The Morgan fingerprint density at radius 1 is 0.775 bits per heavy atom. The first-order valence-electron chi connectivity index (χ1n) is 12.7. The summed E-state index contributed by atoms with van der Waals surface area (Å²) < 4.78 is 61.9. The Balaban J connectivity index is 1.35. The van der Waals surface area contributed by atoms with Crippen molar-refractivity contribution in [1.29, 1.82) is 0 Å². The Morgan fingerprint density at radius 3 is 2.05 bits per heavy atom. The molecule has 1 N–H and O–H groups in total. The number of hydrogen-bond acceptors (Lipinski definition) is 6. The van der Waals surface area contributed by atoms with E-state index in [1.165, 1.54) is 28.6 Å². The van der Waals surface area contributed by atoms with E-state index in [9.17, 15) is 16.8 Å². The van der Waals surface area contributed by atoms with E-state index in [4.69, 9.17) is 39.5 Å². The molecule has 0 radical (unpaired) electrons. The molecule has 8 nitrogen and oxygen atoms in total. The van der Waals surface area contributed by atoms with Crippen molar-refractivity contribution < 1.29 is 21.6 Å². The summed E-state index contributed by atoms with van der Waals surface area (Å²) in [6, 6.07) is 17.6. The van der Waals surface area contributed by atoms with Crippen molar-refractivity contribution in [2.24, 2.45) is 0 Å². The van der Waals surface area contributed by atoms with Gasteiger partial charge in [0, 0.05) is 35.7 Å². The minimum atomic E-state index is -3.92. The molecule has 3 aromatic carbocycles. The SMILES string of the molecule is O=S(=O)(N[C@@H]1CCN(c2ccc(Cl)cc2Cl)C(c2ccc(Cl)cc2)C1)c1ccc(S(=O)(=O)N2CCOCC2)cc1. The van der Waals surface area contributed by atoms with Gasteiger partial charge in [0.15, 0.2) is 0 Å². The molecule has 0 amide bonds. The van der Waals surface area contributed by atoms with Gasteiger partial charge in [-0.1, -0.05) is 46.9 Å². The lowest BCUT2D eigenvalue weighted by molar-refractivity contribution is 0.0730. The molecule has 0 bridgehead atoms. The summed E-state index contributed by atoms with van der Waals surface area (Å²) in [6.07, 6.45) is 1.01. The molecule has 3 aromatic rings. The van der Waals surface area contributed by atoms with Crippen molar-refractivity contribution in [2.45, 2.75) is 34.7 Å². The molecule has 2 fully saturated rings. The fraction of sp³-hybridized carbons (Fsp3) is 0.333. The van der Waals surface area contributed by atoms with Gasteiger partial charge in [-0.3, -0.25) is 0 Å². The highest BCUT2D eigenvalue weighted by molar-refractivity contribution is 7.89. The third-order valence-electron chi connectivity index (χ3n) is 7.14. The molecule has 0 aromatic heterocycles. The third kappa shape index (κ3) is 6.44. The van der Waals surface area contributed by atoms with Crippen LogP contribution in [-0.2, 0) is 24.8 Å². The molecule has 13 heteroatoms. The predicted octanol–water partition coefficient (Wildman–Crippen LogP) is 5.36. The topological polar surface area (TPSA) is 96.0 Å². The highest BCUT2D eigenvalue weighted by Gasteiger charge is 2.34. The van der Waals surface area contributed by atoms with Gasteiger partial charge >= 0.3 is 0 Å². The molecule has 0 aliphatic carbocycles. The van der Waals surface area contributed by atoms with Crippen molar-refractivity contribution in [1.82, 2.24) is 9.03 Å². The van der Waals surface area contributed by atoms with E-state index in [2.05, 4.69) is 9.62 Å². The number of anilines is 1. The van der Waals surface area contributed by atoms with Crippen molar-refractivity contribution in [3.8, 4) is 0 Å². The van der Waals surface area contributed by atoms with Crippen LogP contribution in [0.3, 0.4) is 0 Å². The summed E-state index contributed by atoms with van der Waals surface area (Å²) in [5, 5.41) is 1.65. The Kier molecular flexibility index (Phi) is 8.99. The minimum absolute atomic E-state index is 0.000328. The van der Waals surface area contributed by atoms with E-state index >= 15 is 0 Å². The molecular formula is C27H28Cl3N3O5S2. The molecule has 214 valence electrons. The van der Waals surface area contributed by atoms with E-state index in [0.717, 1.165) is 11.3 Å². The smallest absolute Gasteiger partial charge is 0.243 e. The Bertz CT molecular complexity index is 1560. The van der Waals surface area contributed by atoms with Crippen molar-refractivity contribution in [3.63, 3.8) is 0 Å². The molecular weight excluding hydrogens is 617 g/mol. The largest absolute Gasteiger partial charge is 0.379 e. The monoisotopic (exact) mass is 643 g/mol. The summed E-state index contributed by atoms with van der Waals surface area (Å²) in [4.78, 5) is 2.20. The minimum Gasteiger partial charge on any atom is -0.379 e. The highest BCUT2D eigenvalue weighted by Crippen LogP contribution is 2.40. The van der Waals surface area contributed by atoms with Crippen LogP contribution in [0.1, 0.15) is 24.4 Å². The molecule has 2 heterocycles. The first-order chi connectivity index (χ1) is 19.0. The van der Waals surface area contributed by atoms with Crippen molar-refractivity contribution in [2.75, 3.05) is 37.7 Å². The summed E-state index contributed by atoms with van der Waals surface area (Å²) in [5.41, 5.74) is 1.78. The van der Waals surface area contributed by atoms with Crippen LogP contribution in [0, 0.1) is 0 Å². The molecule has 0 spiro atoms. The van der Waals surface area contributed by atoms with E-state index in [1.54, 1.807) is 24.3 Å². The standard InChI is InChI=1S/C27H28Cl3N3O5S2/c28-20-3-1-19(2-4-20)27-18-22(11-12-33(27)26-10-5-21(29)17-25(26)30)31-39(34,35)23-6-8-24(9-7-23)40(36,37)32-13-15-38-16-14-32/h1-10,17,22,27,31H,11-16,18H2/t22-,27?/m1/s1. The second-order valence-electron chi connectivity index (χ2n) is 9.69. The van der Waals surface area contributed by atoms with Gasteiger partial charge < -0.3 is 9.64 Å². The number of nitrogens with one attached hydrogen (secondary N) is 1. The van der Waals surface area contributed by atoms with Gasteiger partial charge in [0.1, 0.15) is 0 Å². The van der Waals surface area contributed by atoms with Crippen LogP contribution >= 0.6 is 34.8 Å². The number of rotatable bonds is 7. The van der Waals surface area contributed by atoms with E-state index < -0.39 is 20.0 Å². The Hall–Kier alpha value is -1.89. The maximum atomic E-state index is 13.3. The van der Waals surface area contributed by atoms with Crippen LogP contribution in [0.5, 0.6) is 0 Å². The van der Waals surface area contributed by atoms with E-state index in [-0.39, 0.29) is 35.0 Å². The lowest BCUT2D eigenvalue weighted by Gasteiger charge is -2.42. The number of piperidine rings is 1. The zero-order valence-corrected chi connectivity index (χ0v) is 25.2. The number of morpholine rings is 1. The summed E-state index contributed by atoms with van der Waals surface area (Å²) >= 11 is 18.8. The number of hydrogen-bond donors (Lipinski definition) is 1. The lowest BCUT2D eigenvalue weighted by Crippen LogP contribution is -2.46. The van der Waals surface area contributed by atoms with Crippen LogP contribution in [0.2, 0.25) is 15.1 Å². The average Bonchev–Trinajstić information content (AvgIpc) is 2.94. The van der Waals surface area contributed by atoms with Gasteiger partial charge in [-0.05, 0) is 73.0 Å². The van der Waals surface area contributed by atoms with Crippen molar-refractivity contribution >= 4 is 60.5 Å². The molecule has 40 heavy (non-hydrogen) atoms. The van der Waals surface area contributed by atoms with Crippen LogP contribution in [0.15, 0.2) is 76.5 Å². The van der Waals surface area contributed by atoms with Crippen LogP contribution in [-0.4, -0.2) is 60.0 Å². The second-order valence-corrected chi connectivity index (χ2v) is 14.6. The van der Waals surface area contributed by atoms with Gasteiger partial charge in [0.25, 0.3) is 0 Å². The summed E-state index contributed by atoms with van der Waals surface area (Å²) in [7, 11) is -7.64. The maximum absolute atomic E-state index is 13.3. The van der Waals surface area contributed by atoms with Gasteiger partial charge in [-0.15, -0.1) is 0 Å². The second kappa shape index (κ2) is 12.1. The van der Waals surface area contributed by atoms with Crippen LogP contribution in [0.25, 0.3) is 0 Å². The van der Waals surface area contributed by atoms with Gasteiger partial charge in [0.05, 0.1) is 39.8 Å². The number of halogens is 3. The molecule has 2 aliphatic rings. The molecule has 0 saturated carbocycles. The van der Waals surface area contributed by atoms with E-state index in [0.29, 0.717) is 47.7 Å². The number of benzene rings is 3. The highest BCUT2D eigenvalue weighted by atomic mass is 35.5. The number of sulfonamides is 2. The number of ether oxygens (including phenoxy) is 1. The zero-order chi connectivity index (χ0) is 28.5. The van der Waals surface area contributed by atoms with Gasteiger partial charge in [0.2, 0.25) is 20.0 Å². The summed E-state index contributed by atoms with van der Waals surface area (Å²) in [5.74, 6) is 0. The normalized spacial score (nSPS) is 20.9. The molecule has 2 atom stereocenters. The third-order valence-corrected chi connectivity index (χ3v) is 11.4. The Labute approximate surface area is 249 Å². The first-order valence-corrected chi connectivity index (χ1v) is 16.8. The maximum Gasteiger partial charge on any atom is 0.243 e. The Morgan fingerprint density at radius 2 is 1.40 bits per heavy atom. The fourth-order valence-electron chi connectivity index (χ4n) is 5.09. The molecule has 2 aliphatic heterocycles. The first kappa shape index (κ1) is 29.6. The molecule has 1 unspecified atom stereocenters. The average molecular weight is 645 g/mol. The fourth-order valence-corrected chi connectivity index (χ4v) is 8.42. The van der Waals surface area contributed by atoms with E-state index in [1.807, 2.05) is 18.2 Å². The van der Waals surface area contributed by atoms with Gasteiger partial charge in [-0.25, -0.2) is 21.6 Å². The summed E-state index contributed by atoms with van der Waals surface area (Å²) in [6.45, 7) is 1.72. The molecule has 5 rings (SSSR count). The quantitative estimate of drug-likeness (QED) is 0.372. The van der Waals surface area contributed by atoms with Crippen molar-refractivity contribution in [3.05, 3.63) is 87.4 Å². The van der Waals surface area contributed by atoms with Gasteiger partial charge in [-0.2, -0.15) is 4.31 Å². The van der Waals surface area contributed by atoms with Crippen LogP contribution in [0.4, 0.5) is 5.69 Å². The van der Waals surface area contributed by atoms with Crippen LogP contribution < -0.4 is 9.62 Å². The predicted molar refractivity (Wildman–Crippen MR) is 157 cm³/mol.